The van der Waals surface area contributed by atoms with Crippen molar-refractivity contribution in [1.29, 1.82) is 0 Å². The van der Waals surface area contributed by atoms with Crippen LogP contribution >= 0.6 is 11.8 Å². The molecule has 0 aromatic carbocycles. The van der Waals surface area contributed by atoms with Crippen LogP contribution in [0.3, 0.4) is 0 Å². The summed E-state index contributed by atoms with van der Waals surface area (Å²) in [5.74, 6) is 1.93. The molecule has 1 fully saturated rings. The van der Waals surface area contributed by atoms with E-state index < -0.39 is 0 Å². The van der Waals surface area contributed by atoms with Gasteiger partial charge >= 0.3 is 5.69 Å². The minimum absolute atomic E-state index is 0.328. The third-order valence-electron chi connectivity index (χ3n) is 4.80. The van der Waals surface area contributed by atoms with E-state index in [4.69, 9.17) is 4.74 Å². The lowest BCUT2D eigenvalue weighted by molar-refractivity contribution is -0.905. The maximum atomic E-state index is 12.8. The molecule has 0 amide bonds. The van der Waals surface area contributed by atoms with Gasteiger partial charge in [0, 0.05) is 26.3 Å². The van der Waals surface area contributed by atoms with Crippen molar-refractivity contribution in [1.82, 2.24) is 19.1 Å². The molecule has 0 spiro atoms. The van der Waals surface area contributed by atoms with Gasteiger partial charge in [-0.05, 0) is 5.92 Å². The number of fused-ring (bicyclic) bond motifs is 1. The lowest BCUT2D eigenvalue weighted by Crippen LogP contribution is -3.14. The van der Waals surface area contributed by atoms with Crippen LogP contribution in [-0.4, -0.2) is 57.7 Å². The fourth-order valence-electron chi connectivity index (χ4n) is 3.23. The van der Waals surface area contributed by atoms with E-state index in [-0.39, 0.29) is 11.2 Å². The van der Waals surface area contributed by atoms with Gasteiger partial charge in [0.15, 0.2) is 5.65 Å². The smallest absolute Gasteiger partial charge is 0.332 e. The van der Waals surface area contributed by atoms with Gasteiger partial charge in [0.25, 0.3) is 5.56 Å². The van der Waals surface area contributed by atoms with Gasteiger partial charge in [0.05, 0.1) is 19.8 Å². The fraction of sp³-hybridized carbons (Fsp3) is 0.667. The van der Waals surface area contributed by atoms with Gasteiger partial charge in [-0.1, -0.05) is 25.6 Å². The highest BCUT2D eigenvalue weighted by Crippen LogP contribution is 2.22. The summed E-state index contributed by atoms with van der Waals surface area (Å²) >= 11 is 1.58. The summed E-state index contributed by atoms with van der Waals surface area (Å²) in [6.45, 7) is 8.83. The van der Waals surface area contributed by atoms with E-state index in [2.05, 4.69) is 23.8 Å². The number of morpholine rings is 1. The highest BCUT2D eigenvalue weighted by molar-refractivity contribution is 7.99. The number of thioether (sulfide) groups is 1. The Hall–Kier alpha value is -1.71. The SMILES string of the molecule is CC(C)Cc1nc(SCC[NH+]2CCOCC2)c2c(=O)n(C)c(=O)n(C)c2n1. The molecular formula is C18H28N5O3S+. The van der Waals surface area contributed by atoms with Crippen molar-refractivity contribution < 1.29 is 9.64 Å². The Labute approximate surface area is 162 Å². The number of hydrogen-bond donors (Lipinski definition) is 1. The number of aryl methyl sites for hydroxylation is 1. The zero-order valence-electron chi connectivity index (χ0n) is 16.4. The first-order valence-electron chi connectivity index (χ1n) is 9.39. The Kier molecular flexibility index (Phi) is 6.33. The van der Waals surface area contributed by atoms with Crippen LogP contribution in [-0.2, 0) is 25.3 Å². The highest BCUT2D eigenvalue weighted by Gasteiger charge is 2.19. The standard InChI is InChI=1S/C18H27N5O3S/c1-12(2)11-13-19-15-14(17(24)22(4)18(25)21(15)3)16(20-13)27-10-7-23-5-8-26-9-6-23/h12H,5-11H2,1-4H3/p+1. The predicted molar refractivity (Wildman–Crippen MR) is 106 cm³/mol. The second-order valence-electron chi connectivity index (χ2n) is 7.41. The predicted octanol–water partition coefficient (Wildman–Crippen LogP) is -0.767. The average molecular weight is 395 g/mol. The lowest BCUT2D eigenvalue weighted by Gasteiger charge is -2.23. The summed E-state index contributed by atoms with van der Waals surface area (Å²) in [4.78, 5) is 35.8. The summed E-state index contributed by atoms with van der Waals surface area (Å²) in [7, 11) is 3.15. The van der Waals surface area contributed by atoms with Crippen molar-refractivity contribution >= 4 is 22.8 Å². The number of nitrogens with zero attached hydrogens (tertiary/aromatic N) is 4. The molecule has 3 heterocycles. The number of hydrogen-bond acceptors (Lipinski definition) is 6. The summed E-state index contributed by atoms with van der Waals surface area (Å²) in [6, 6.07) is 0. The second kappa shape index (κ2) is 8.53. The van der Waals surface area contributed by atoms with Crippen molar-refractivity contribution in [2.24, 2.45) is 20.0 Å². The first-order valence-corrected chi connectivity index (χ1v) is 10.4. The molecule has 0 atom stereocenters. The van der Waals surface area contributed by atoms with Crippen LogP contribution in [0.25, 0.3) is 11.0 Å². The van der Waals surface area contributed by atoms with E-state index in [0.29, 0.717) is 34.2 Å². The van der Waals surface area contributed by atoms with Crippen LogP contribution in [0, 0.1) is 5.92 Å². The van der Waals surface area contributed by atoms with Gasteiger partial charge in [-0.2, -0.15) is 0 Å². The summed E-state index contributed by atoms with van der Waals surface area (Å²) in [5.41, 5.74) is -0.268. The Bertz CT molecular complexity index is 931. The summed E-state index contributed by atoms with van der Waals surface area (Å²) in [5, 5.41) is 1.12. The van der Waals surface area contributed by atoms with Crippen molar-refractivity contribution in [3.8, 4) is 0 Å². The van der Waals surface area contributed by atoms with Crippen molar-refractivity contribution in [3.05, 3.63) is 26.7 Å². The maximum absolute atomic E-state index is 12.8. The molecule has 2 aromatic heterocycles. The van der Waals surface area contributed by atoms with E-state index in [1.807, 2.05) is 0 Å². The van der Waals surface area contributed by atoms with Gasteiger partial charge in [0.2, 0.25) is 0 Å². The van der Waals surface area contributed by atoms with Crippen molar-refractivity contribution in [3.63, 3.8) is 0 Å². The molecule has 1 aliphatic rings. The number of ether oxygens (including phenoxy) is 1. The van der Waals surface area contributed by atoms with Crippen LogP contribution in [0.4, 0.5) is 0 Å². The van der Waals surface area contributed by atoms with Gasteiger partial charge in [0.1, 0.15) is 29.3 Å². The van der Waals surface area contributed by atoms with Gasteiger partial charge in [-0.15, -0.1) is 0 Å². The van der Waals surface area contributed by atoms with E-state index in [1.165, 1.54) is 16.5 Å². The van der Waals surface area contributed by atoms with E-state index in [9.17, 15) is 9.59 Å². The first kappa shape index (κ1) is 20.0. The maximum Gasteiger partial charge on any atom is 0.332 e. The number of quaternary nitrogens is 1. The zero-order chi connectivity index (χ0) is 19.6. The largest absolute Gasteiger partial charge is 0.370 e. The van der Waals surface area contributed by atoms with Gasteiger partial charge in [-0.3, -0.25) is 13.9 Å². The van der Waals surface area contributed by atoms with Crippen LogP contribution < -0.4 is 16.1 Å². The molecule has 9 heteroatoms. The number of aromatic nitrogens is 4. The minimum atomic E-state index is -0.365. The Morgan fingerprint density at radius 1 is 1.15 bits per heavy atom. The molecule has 8 nitrogen and oxygen atoms in total. The first-order chi connectivity index (χ1) is 12.9. The average Bonchev–Trinajstić information content (AvgIpc) is 2.64. The lowest BCUT2D eigenvalue weighted by atomic mass is 10.1. The van der Waals surface area contributed by atoms with Crippen molar-refractivity contribution in [2.45, 2.75) is 25.3 Å². The molecule has 2 aromatic rings. The van der Waals surface area contributed by atoms with E-state index >= 15 is 0 Å². The molecule has 0 unspecified atom stereocenters. The number of rotatable bonds is 6. The Morgan fingerprint density at radius 3 is 2.52 bits per heavy atom. The molecular weight excluding hydrogens is 366 g/mol. The quantitative estimate of drug-likeness (QED) is 0.512. The molecule has 0 radical (unpaired) electrons. The topological polar surface area (TPSA) is 83.5 Å². The molecule has 0 saturated carbocycles. The number of nitrogens with one attached hydrogen (secondary N) is 1. The molecule has 1 saturated heterocycles. The molecule has 148 valence electrons. The molecule has 3 rings (SSSR count). The molecule has 0 bridgehead atoms. The monoisotopic (exact) mass is 394 g/mol. The Morgan fingerprint density at radius 2 is 1.85 bits per heavy atom. The van der Waals surface area contributed by atoms with E-state index in [1.54, 1.807) is 18.8 Å². The third kappa shape index (κ3) is 4.41. The molecule has 1 N–H and O–H groups in total. The molecule has 1 aliphatic heterocycles. The van der Waals surface area contributed by atoms with Crippen LogP contribution in [0.1, 0.15) is 19.7 Å². The highest BCUT2D eigenvalue weighted by atomic mass is 32.2. The van der Waals surface area contributed by atoms with Crippen LogP contribution in [0.15, 0.2) is 14.6 Å². The van der Waals surface area contributed by atoms with E-state index in [0.717, 1.165) is 43.2 Å². The Balaban J connectivity index is 1.97. The van der Waals surface area contributed by atoms with Crippen LogP contribution in [0.2, 0.25) is 0 Å². The summed E-state index contributed by atoms with van der Waals surface area (Å²) in [6.07, 6.45) is 0.710. The van der Waals surface area contributed by atoms with Crippen molar-refractivity contribution in [2.75, 3.05) is 38.6 Å². The minimum Gasteiger partial charge on any atom is -0.370 e. The molecule has 0 aliphatic carbocycles. The fourth-order valence-corrected chi connectivity index (χ4v) is 4.31. The molecule has 27 heavy (non-hydrogen) atoms. The van der Waals surface area contributed by atoms with Gasteiger partial charge in [-0.25, -0.2) is 14.8 Å². The third-order valence-corrected chi connectivity index (χ3v) is 5.78. The summed E-state index contributed by atoms with van der Waals surface area (Å²) < 4.78 is 7.98. The van der Waals surface area contributed by atoms with Gasteiger partial charge < -0.3 is 9.64 Å². The normalized spacial score (nSPS) is 15.7. The van der Waals surface area contributed by atoms with Crippen LogP contribution in [0.5, 0.6) is 0 Å². The zero-order valence-corrected chi connectivity index (χ0v) is 17.3. The second-order valence-corrected chi connectivity index (χ2v) is 8.49.